The summed E-state index contributed by atoms with van der Waals surface area (Å²) in [5.74, 6) is -0.214. The molecule has 0 bridgehead atoms. The van der Waals surface area contributed by atoms with Crippen molar-refractivity contribution in [3.63, 3.8) is 0 Å². The highest BCUT2D eigenvalue weighted by molar-refractivity contribution is 5.89. The van der Waals surface area contributed by atoms with Crippen LogP contribution in [-0.4, -0.2) is 11.1 Å². The summed E-state index contributed by atoms with van der Waals surface area (Å²) in [7, 11) is 0. The van der Waals surface area contributed by atoms with E-state index < -0.39 is 5.97 Å². The largest absolute Gasteiger partial charge is 0.478 e. The fraction of sp³-hybridized carbons (Fsp3) is 0.174. The number of carboxylic acid groups (broad SMARTS) is 1. The number of allylic oxidation sites excluding steroid dienone is 2. The fourth-order valence-electron chi connectivity index (χ4n) is 4.56. The highest BCUT2D eigenvalue weighted by atomic mass is 16.4. The molecular formula is C23H19NO2. The van der Waals surface area contributed by atoms with Gasteiger partial charge in [0.25, 0.3) is 0 Å². The number of carbonyl (C=O) groups is 1. The van der Waals surface area contributed by atoms with Gasteiger partial charge < -0.3 is 10.4 Å². The monoisotopic (exact) mass is 341 g/mol. The van der Waals surface area contributed by atoms with Gasteiger partial charge in [-0.15, -0.1) is 0 Å². The van der Waals surface area contributed by atoms with Crippen LogP contribution in [0.4, 0.5) is 5.69 Å². The van der Waals surface area contributed by atoms with Crippen LogP contribution in [0.25, 0.3) is 10.8 Å². The molecule has 0 radical (unpaired) electrons. The predicted molar refractivity (Wildman–Crippen MR) is 104 cm³/mol. The van der Waals surface area contributed by atoms with Gasteiger partial charge in [-0.25, -0.2) is 4.79 Å². The third-order valence-electron chi connectivity index (χ3n) is 5.77. The van der Waals surface area contributed by atoms with Gasteiger partial charge in [-0.2, -0.15) is 0 Å². The molecule has 5 rings (SSSR count). The summed E-state index contributed by atoms with van der Waals surface area (Å²) in [6.07, 6.45) is 5.48. The molecule has 3 heteroatoms. The van der Waals surface area contributed by atoms with Gasteiger partial charge in [-0.1, -0.05) is 54.6 Å². The van der Waals surface area contributed by atoms with Gasteiger partial charge in [0.15, 0.2) is 0 Å². The van der Waals surface area contributed by atoms with Gasteiger partial charge >= 0.3 is 5.97 Å². The van der Waals surface area contributed by atoms with Gasteiger partial charge in [0.05, 0.1) is 11.6 Å². The first-order valence-corrected chi connectivity index (χ1v) is 9.00. The highest BCUT2D eigenvalue weighted by Gasteiger charge is 2.38. The van der Waals surface area contributed by atoms with Crippen molar-refractivity contribution in [1.29, 1.82) is 0 Å². The molecule has 1 heterocycles. The molecule has 0 amide bonds. The second-order valence-electron chi connectivity index (χ2n) is 7.15. The molecule has 0 saturated heterocycles. The summed E-state index contributed by atoms with van der Waals surface area (Å²) in [4.78, 5) is 11.4. The zero-order valence-electron chi connectivity index (χ0n) is 14.2. The molecule has 3 aromatic rings. The minimum absolute atomic E-state index is 0.212. The summed E-state index contributed by atoms with van der Waals surface area (Å²) >= 11 is 0. The molecule has 0 spiro atoms. The van der Waals surface area contributed by atoms with E-state index in [1.807, 2.05) is 12.1 Å². The van der Waals surface area contributed by atoms with E-state index >= 15 is 0 Å². The quantitative estimate of drug-likeness (QED) is 0.617. The minimum Gasteiger partial charge on any atom is -0.478 e. The molecule has 3 aromatic carbocycles. The van der Waals surface area contributed by atoms with Crippen LogP contribution >= 0.6 is 0 Å². The van der Waals surface area contributed by atoms with Crippen molar-refractivity contribution >= 4 is 22.4 Å². The lowest BCUT2D eigenvalue weighted by molar-refractivity contribution is 0.0696. The Balaban J connectivity index is 1.65. The number of fused-ring (bicyclic) bond motifs is 4. The smallest absolute Gasteiger partial charge is 0.335 e. The standard InChI is InChI=1S/C23H19NO2/c25-23(26)15-11-12-21-20(13-15)17-8-4-10-19(17)22(24-21)18-9-3-6-14-5-1-2-7-16(14)18/h1-9,11-13,17,19,22,24H,10H2,(H,25,26)/t17-,19+,22-/m1/s1. The summed E-state index contributed by atoms with van der Waals surface area (Å²) < 4.78 is 0. The topological polar surface area (TPSA) is 49.3 Å². The second kappa shape index (κ2) is 5.73. The van der Waals surface area contributed by atoms with Crippen molar-refractivity contribution in [2.75, 3.05) is 5.32 Å². The highest BCUT2D eigenvalue weighted by Crippen LogP contribution is 2.50. The normalized spacial score (nSPS) is 23.3. The lowest BCUT2D eigenvalue weighted by Gasteiger charge is -2.38. The zero-order valence-corrected chi connectivity index (χ0v) is 14.2. The molecule has 0 fully saturated rings. The Morgan fingerprint density at radius 2 is 1.85 bits per heavy atom. The van der Waals surface area contributed by atoms with Crippen molar-refractivity contribution in [2.45, 2.75) is 18.4 Å². The third kappa shape index (κ3) is 2.24. The Bertz CT molecular complexity index is 1050. The van der Waals surface area contributed by atoms with Crippen molar-refractivity contribution in [3.8, 4) is 0 Å². The minimum atomic E-state index is -0.873. The summed E-state index contributed by atoms with van der Waals surface area (Å²) in [6, 6.07) is 20.6. The van der Waals surface area contributed by atoms with E-state index in [0.29, 0.717) is 11.5 Å². The third-order valence-corrected chi connectivity index (χ3v) is 5.77. The van der Waals surface area contributed by atoms with Gasteiger partial charge in [0.2, 0.25) is 0 Å². The van der Waals surface area contributed by atoms with Crippen LogP contribution in [0.5, 0.6) is 0 Å². The van der Waals surface area contributed by atoms with E-state index in [9.17, 15) is 9.90 Å². The van der Waals surface area contributed by atoms with Crippen LogP contribution in [0.15, 0.2) is 72.8 Å². The number of aromatic carboxylic acids is 1. The number of anilines is 1. The van der Waals surface area contributed by atoms with E-state index in [-0.39, 0.29) is 12.0 Å². The Morgan fingerprint density at radius 1 is 1.00 bits per heavy atom. The van der Waals surface area contributed by atoms with Crippen LogP contribution in [0.2, 0.25) is 0 Å². The number of hydrogen-bond donors (Lipinski definition) is 2. The van der Waals surface area contributed by atoms with Gasteiger partial charge in [0.1, 0.15) is 0 Å². The molecule has 0 unspecified atom stereocenters. The first-order valence-electron chi connectivity index (χ1n) is 9.00. The van der Waals surface area contributed by atoms with Gasteiger partial charge in [-0.05, 0) is 52.4 Å². The maximum atomic E-state index is 11.4. The molecular weight excluding hydrogens is 322 g/mol. The average Bonchev–Trinajstić information content (AvgIpc) is 3.16. The lowest BCUT2D eigenvalue weighted by Crippen LogP contribution is -2.29. The van der Waals surface area contributed by atoms with Gasteiger partial charge in [-0.3, -0.25) is 0 Å². The number of rotatable bonds is 2. The molecule has 128 valence electrons. The lowest BCUT2D eigenvalue weighted by atomic mass is 9.76. The maximum absolute atomic E-state index is 11.4. The van der Waals surface area contributed by atoms with E-state index in [2.05, 4.69) is 59.9 Å². The molecule has 1 aliphatic heterocycles. The molecule has 0 aromatic heterocycles. The first kappa shape index (κ1) is 15.2. The predicted octanol–water partition coefficient (Wildman–Crippen LogP) is 5.36. The van der Waals surface area contributed by atoms with Crippen LogP contribution in [0, 0.1) is 5.92 Å². The Labute approximate surface area is 152 Å². The molecule has 2 N–H and O–H groups in total. The van der Waals surface area contributed by atoms with E-state index in [1.165, 1.54) is 16.3 Å². The van der Waals surface area contributed by atoms with E-state index in [0.717, 1.165) is 17.7 Å². The van der Waals surface area contributed by atoms with Crippen LogP contribution in [-0.2, 0) is 0 Å². The Morgan fingerprint density at radius 3 is 2.73 bits per heavy atom. The molecule has 26 heavy (non-hydrogen) atoms. The van der Waals surface area contributed by atoms with Crippen molar-refractivity contribution in [3.05, 3.63) is 89.5 Å². The van der Waals surface area contributed by atoms with Crippen LogP contribution < -0.4 is 5.32 Å². The summed E-state index contributed by atoms with van der Waals surface area (Å²) in [5.41, 5.74) is 3.81. The maximum Gasteiger partial charge on any atom is 0.335 e. The number of hydrogen-bond acceptors (Lipinski definition) is 2. The van der Waals surface area contributed by atoms with E-state index in [4.69, 9.17) is 0 Å². The molecule has 3 nitrogen and oxygen atoms in total. The van der Waals surface area contributed by atoms with Crippen molar-refractivity contribution in [1.82, 2.24) is 0 Å². The van der Waals surface area contributed by atoms with Crippen molar-refractivity contribution in [2.24, 2.45) is 5.92 Å². The average molecular weight is 341 g/mol. The number of carboxylic acids is 1. The number of benzene rings is 3. The van der Waals surface area contributed by atoms with Crippen LogP contribution in [0.1, 0.15) is 39.9 Å². The summed E-state index contributed by atoms with van der Waals surface area (Å²) in [5, 5.41) is 15.6. The molecule has 3 atom stereocenters. The molecule has 2 aliphatic rings. The van der Waals surface area contributed by atoms with Crippen LogP contribution in [0.3, 0.4) is 0 Å². The Hall–Kier alpha value is -3.07. The second-order valence-corrected chi connectivity index (χ2v) is 7.15. The number of nitrogens with one attached hydrogen (secondary N) is 1. The molecule has 0 saturated carbocycles. The summed E-state index contributed by atoms with van der Waals surface area (Å²) in [6.45, 7) is 0. The first-order chi connectivity index (χ1) is 12.7. The SMILES string of the molecule is O=C(O)c1ccc2c(c1)[C@@H]1C=CC[C@@H]1[C@@H](c1cccc3ccccc13)N2. The van der Waals surface area contributed by atoms with Crippen molar-refractivity contribution < 1.29 is 9.90 Å². The van der Waals surface area contributed by atoms with E-state index in [1.54, 1.807) is 6.07 Å². The Kier molecular flexibility index (Phi) is 3.35. The van der Waals surface area contributed by atoms with Gasteiger partial charge in [0, 0.05) is 11.6 Å². The zero-order chi connectivity index (χ0) is 17.7. The fourth-order valence-corrected chi connectivity index (χ4v) is 4.56. The molecule has 1 aliphatic carbocycles.